The maximum atomic E-state index is 11.6. The summed E-state index contributed by atoms with van der Waals surface area (Å²) in [5, 5.41) is 8.67. The maximum absolute atomic E-state index is 11.6. The highest BCUT2D eigenvalue weighted by molar-refractivity contribution is 6.30. The zero-order valence-corrected chi connectivity index (χ0v) is 12.0. The number of nitriles is 1. The van der Waals surface area contributed by atoms with Crippen molar-refractivity contribution in [3.8, 4) is 6.07 Å². The van der Waals surface area contributed by atoms with Crippen LogP contribution in [0.25, 0.3) is 0 Å². The minimum Gasteiger partial charge on any atom is -0.388 e. The van der Waals surface area contributed by atoms with E-state index in [1.807, 2.05) is 4.90 Å². The Labute approximate surface area is 117 Å². The van der Waals surface area contributed by atoms with Crippen LogP contribution >= 0.6 is 11.6 Å². The van der Waals surface area contributed by atoms with Crippen LogP contribution in [0.2, 0.25) is 5.15 Å². The quantitative estimate of drug-likeness (QED) is 0.769. The molecule has 0 atom stereocenters. The molecule has 1 heterocycles. The van der Waals surface area contributed by atoms with Crippen molar-refractivity contribution in [3.05, 3.63) is 21.1 Å². The van der Waals surface area contributed by atoms with Gasteiger partial charge in [-0.1, -0.05) is 38.3 Å². The van der Waals surface area contributed by atoms with Gasteiger partial charge < -0.3 is 9.32 Å². The second-order valence-electron chi connectivity index (χ2n) is 4.26. The molecule has 0 aliphatic carbocycles. The van der Waals surface area contributed by atoms with E-state index in [2.05, 4.69) is 18.8 Å². The van der Waals surface area contributed by atoms with E-state index in [1.165, 1.54) is 0 Å². The van der Waals surface area contributed by atoms with Crippen molar-refractivity contribution in [1.82, 2.24) is 4.98 Å². The van der Waals surface area contributed by atoms with E-state index < -0.39 is 5.63 Å². The highest BCUT2D eigenvalue weighted by Crippen LogP contribution is 2.16. The lowest BCUT2D eigenvalue weighted by Gasteiger charge is -2.21. The molecular weight excluding hydrogens is 266 g/mol. The van der Waals surface area contributed by atoms with Crippen molar-refractivity contribution in [2.45, 2.75) is 39.5 Å². The molecule has 19 heavy (non-hydrogen) atoms. The van der Waals surface area contributed by atoms with Gasteiger partial charge in [0.25, 0.3) is 0 Å². The minimum atomic E-state index is -0.726. The third-order valence-corrected chi connectivity index (χ3v) is 3.01. The zero-order valence-electron chi connectivity index (χ0n) is 11.3. The molecule has 0 radical (unpaired) electrons. The van der Waals surface area contributed by atoms with Crippen molar-refractivity contribution in [2.75, 3.05) is 18.0 Å². The Morgan fingerprint density at radius 2 is 1.89 bits per heavy atom. The van der Waals surface area contributed by atoms with Gasteiger partial charge in [-0.25, -0.2) is 4.79 Å². The summed E-state index contributed by atoms with van der Waals surface area (Å²) in [7, 11) is 0. The van der Waals surface area contributed by atoms with E-state index in [0.29, 0.717) is 0 Å². The van der Waals surface area contributed by atoms with Gasteiger partial charge in [0, 0.05) is 13.1 Å². The van der Waals surface area contributed by atoms with E-state index >= 15 is 0 Å². The number of halogens is 1. The number of unbranched alkanes of at least 4 members (excludes halogenated alkanes) is 2. The third kappa shape index (κ3) is 4.25. The monoisotopic (exact) mass is 283 g/mol. The Balaban J connectivity index is 3.02. The molecule has 0 fully saturated rings. The second kappa shape index (κ2) is 7.80. The summed E-state index contributed by atoms with van der Waals surface area (Å²) >= 11 is 5.83. The van der Waals surface area contributed by atoms with Crippen molar-refractivity contribution in [2.24, 2.45) is 0 Å². The maximum Gasteiger partial charge on any atom is 0.359 e. The molecule has 0 unspecified atom stereocenters. The highest BCUT2D eigenvalue weighted by Gasteiger charge is 2.16. The van der Waals surface area contributed by atoms with Gasteiger partial charge in [-0.15, -0.1) is 0 Å². The van der Waals surface area contributed by atoms with Crippen LogP contribution in [0.5, 0.6) is 0 Å². The molecule has 0 amide bonds. The van der Waals surface area contributed by atoms with Gasteiger partial charge in [0.2, 0.25) is 0 Å². The first kappa shape index (κ1) is 15.5. The van der Waals surface area contributed by atoms with Gasteiger partial charge in [0.05, 0.1) is 0 Å². The molecule has 1 aromatic rings. The van der Waals surface area contributed by atoms with Crippen LogP contribution in [0, 0.1) is 11.3 Å². The first-order valence-corrected chi connectivity index (χ1v) is 6.87. The minimum absolute atomic E-state index is 0.0910. The predicted molar refractivity (Wildman–Crippen MR) is 74.5 cm³/mol. The Kier molecular flexibility index (Phi) is 6.37. The summed E-state index contributed by atoms with van der Waals surface area (Å²) in [6.07, 6.45) is 4.03. The van der Waals surface area contributed by atoms with Crippen molar-refractivity contribution in [3.63, 3.8) is 0 Å². The zero-order chi connectivity index (χ0) is 14.3. The molecule has 104 valence electrons. The molecule has 0 saturated carbocycles. The lowest BCUT2D eigenvalue weighted by Crippen LogP contribution is -2.28. The molecule has 0 aliphatic heterocycles. The van der Waals surface area contributed by atoms with Crippen molar-refractivity contribution >= 4 is 17.6 Å². The molecule has 0 bridgehead atoms. The lowest BCUT2D eigenvalue weighted by molar-refractivity contribution is 0.468. The topological polar surface area (TPSA) is 70.1 Å². The molecule has 0 saturated heterocycles. The number of rotatable bonds is 7. The van der Waals surface area contributed by atoms with Crippen LogP contribution in [-0.2, 0) is 0 Å². The van der Waals surface area contributed by atoms with Gasteiger partial charge in [-0.05, 0) is 12.8 Å². The van der Waals surface area contributed by atoms with E-state index in [1.54, 1.807) is 6.07 Å². The molecule has 0 aliphatic rings. The van der Waals surface area contributed by atoms with Crippen LogP contribution < -0.4 is 10.5 Å². The fourth-order valence-corrected chi connectivity index (χ4v) is 1.80. The lowest BCUT2D eigenvalue weighted by atomic mass is 10.3. The Hall–Kier alpha value is -1.54. The average molecular weight is 284 g/mol. The standard InChI is InChI=1S/C13H18ClN3O2/c1-3-5-7-17(8-6-4-2)13-16-11(14)10(9-15)12(18)19-13/h3-8H2,1-2H3. The number of hydrogen-bond donors (Lipinski definition) is 0. The third-order valence-electron chi connectivity index (χ3n) is 2.73. The first-order chi connectivity index (χ1) is 9.13. The smallest absolute Gasteiger partial charge is 0.359 e. The normalized spacial score (nSPS) is 10.2. The molecular formula is C13H18ClN3O2. The number of nitrogens with zero attached hydrogens (tertiary/aromatic N) is 3. The molecule has 6 heteroatoms. The van der Waals surface area contributed by atoms with Crippen molar-refractivity contribution < 1.29 is 4.42 Å². The average Bonchev–Trinajstić information content (AvgIpc) is 2.38. The van der Waals surface area contributed by atoms with E-state index in [4.69, 9.17) is 21.3 Å². The molecule has 0 aromatic carbocycles. The van der Waals surface area contributed by atoms with E-state index in [0.717, 1.165) is 38.8 Å². The summed E-state index contributed by atoms with van der Waals surface area (Å²) < 4.78 is 5.09. The Bertz CT molecular complexity index is 500. The molecule has 5 nitrogen and oxygen atoms in total. The first-order valence-electron chi connectivity index (χ1n) is 6.49. The highest BCUT2D eigenvalue weighted by atomic mass is 35.5. The van der Waals surface area contributed by atoms with E-state index in [9.17, 15) is 4.79 Å². The van der Waals surface area contributed by atoms with Gasteiger partial charge in [0.15, 0.2) is 10.7 Å². The Morgan fingerprint density at radius 1 is 1.32 bits per heavy atom. The summed E-state index contributed by atoms with van der Waals surface area (Å²) in [4.78, 5) is 17.5. The largest absolute Gasteiger partial charge is 0.388 e. The second-order valence-corrected chi connectivity index (χ2v) is 4.61. The Morgan fingerprint density at radius 3 is 2.32 bits per heavy atom. The molecule has 1 aromatic heterocycles. The van der Waals surface area contributed by atoms with Gasteiger partial charge in [-0.3, -0.25) is 0 Å². The fourth-order valence-electron chi connectivity index (χ4n) is 1.61. The number of hydrogen-bond acceptors (Lipinski definition) is 5. The summed E-state index contributed by atoms with van der Waals surface area (Å²) in [5.41, 5.74) is -0.966. The van der Waals surface area contributed by atoms with Gasteiger partial charge >= 0.3 is 11.6 Å². The van der Waals surface area contributed by atoms with Crippen LogP contribution in [0.1, 0.15) is 45.1 Å². The molecule has 0 spiro atoms. The molecule has 1 rings (SSSR count). The number of anilines is 1. The SMILES string of the molecule is CCCCN(CCCC)c1nc(Cl)c(C#N)c(=O)o1. The van der Waals surface area contributed by atoms with Crippen LogP contribution in [0.4, 0.5) is 6.01 Å². The van der Waals surface area contributed by atoms with Crippen LogP contribution in [0.15, 0.2) is 9.21 Å². The van der Waals surface area contributed by atoms with Crippen molar-refractivity contribution in [1.29, 1.82) is 5.26 Å². The van der Waals surface area contributed by atoms with E-state index in [-0.39, 0.29) is 16.7 Å². The fraction of sp³-hybridized carbons (Fsp3) is 0.615. The number of aromatic nitrogens is 1. The van der Waals surface area contributed by atoms with Gasteiger partial charge in [0.1, 0.15) is 6.07 Å². The van der Waals surface area contributed by atoms with Crippen LogP contribution in [-0.4, -0.2) is 18.1 Å². The summed E-state index contributed by atoms with van der Waals surface area (Å²) in [6, 6.07) is 1.90. The van der Waals surface area contributed by atoms with Gasteiger partial charge in [-0.2, -0.15) is 10.2 Å². The summed E-state index contributed by atoms with van der Waals surface area (Å²) in [6.45, 7) is 5.70. The predicted octanol–water partition coefficient (Wildman–Crippen LogP) is 2.97. The molecule has 0 N–H and O–H groups in total. The summed E-state index contributed by atoms with van der Waals surface area (Å²) in [5.74, 6) is 0. The van der Waals surface area contributed by atoms with Crippen LogP contribution in [0.3, 0.4) is 0 Å².